The van der Waals surface area contributed by atoms with E-state index in [-0.39, 0.29) is 6.04 Å². The van der Waals surface area contributed by atoms with E-state index in [1.165, 1.54) is 23.8 Å². The minimum Gasteiger partial charge on any atom is -0.213 e. The van der Waals surface area contributed by atoms with E-state index >= 15 is 0 Å². The lowest BCUT2D eigenvalue weighted by Crippen LogP contribution is -2.25. The van der Waals surface area contributed by atoms with Crippen molar-refractivity contribution in [2.45, 2.75) is 32.2 Å². The number of benzene rings is 1. The molecule has 4 heteroatoms. The molecule has 1 N–H and O–H groups in total. The number of nitrogens with one attached hydrogen (secondary N) is 1. The van der Waals surface area contributed by atoms with Crippen molar-refractivity contribution in [3.63, 3.8) is 0 Å². The highest BCUT2D eigenvalue weighted by atomic mass is 32.2. The fourth-order valence-electron chi connectivity index (χ4n) is 2.25. The predicted molar refractivity (Wildman–Crippen MR) is 64.9 cm³/mol. The standard InChI is InChI=1S/C12H17NO2S/c1-9(13-16(2,14)15)11-7-6-10-4-3-5-12(10)8-11/h6-9,13H,3-5H2,1-2H3/t9-/m1/s1. The van der Waals surface area contributed by atoms with Crippen LogP contribution in [0.15, 0.2) is 18.2 Å². The predicted octanol–water partition coefficient (Wildman–Crippen LogP) is 1.79. The zero-order valence-corrected chi connectivity index (χ0v) is 10.5. The largest absolute Gasteiger partial charge is 0.213 e. The zero-order chi connectivity index (χ0) is 11.8. The molecular weight excluding hydrogens is 222 g/mol. The highest BCUT2D eigenvalue weighted by molar-refractivity contribution is 7.88. The third kappa shape index (κ3) is 2.62. The van der Waals surface area contributed by atoms with Crippen molar-refractivity contribution >= 4 is 10.0 Å². The van der Waals surface area contributed by atoms with Crippen LogP contribution in [-0.4, -0.2) is 14.7 Å². The van der Waals surface area contributed by atoms with Crippen LogP contribution in [0.5, 0.6) is 0 Å². The van der Waals surface area contributed by atoms with Gasteiger partial charge in [0.25, 0.3) is 0 Å². The molecular formula is C12H17NO2S. The molecule has 0 bridgehead atoms. The minimum atomic E-state index is -3.14. The Labute approximate surface area is 96.9 Å². The number of hydrogen-bond donors (Lipinski definition) is 1. The molecule has 0 spiro atoms. The zero-order valence-electron chi connectivity index (χ0n) is 9.66. The molecule has 0 radical (unpaired) electrons. The van der Waals surface area contributed by atoms with Crippen LogP contribution < -0.4 is 4.72 Å². The lowest BCUT2D eigenvalue weighted by atomic mass is 10.0. The molecule has 0 aliphatic heterocycles. The monoisotopic (exact) mass is 239 g/mol. The first-order valence-corrected chi connectivity index (χ1v) is 7.44. The lowest BCUT2D eigenvalue weighted by Gasteiger charge is -2.13. The van der Waals surface area contributed by atoms with Crippen LogP contribution in [0.1, 0.15) is 36.1 Å². The Balaban J connectivity index is 2.21. The van der Waals surface area contributed by atoms with Crippen molar-refractivity contribution in [3.8, 4) is 0 Å². The summed E-state index contributed by atoms with van der Waals surface area (Å²) in [6.45, 7) is 1.87. The molecule has 1 aromatic carbocycles. The average molecular weight is 239 g/mol. The summed E-state index contributed by atoms with van der Waals surface area (Å²) in [6, 6.07) is 6.12. The van der Waals surface area contributed by atoms with Gasteiger partial charge in [-0.2, -0.15) is 0 Å². The first kappa shape index (κ1) is 11.6. The van der Waals surface area contributed by atoms with Crippen LogP contribution in [0, 0.1) is 0 Å². The van der Waals surface area contributed by atoms with E-state index in [1.54, 1.807) is 0 Å². The molecule has 0 heterocycles. The highest BCUT2D eigenvalue weighted by Crippen LogP contribution is 2.25. The summed E-state index contributed by atoms with van der Waals surface area (Å²) in [5, 5.41) is 0. The summed E-state index contributed by atoms with van der Waals surface area (Å²) < 4.78 is 24.9. The number of hydrogen-bond acceptors (Lipinski definition) is 2. The Morgan fingerprint density at radius 1 is 1.25 bits per heavy atom. The van der Waals surface area contributed by atoms with E-state index in [0.717, 1.165) is 18.4 Å². The Hall–Kier alpha value is -0.870. The topological polar surface area (TPSA) is 46.2 Å². The number of rotatable bonds is 3. The Morgan fingerprint density at radius 3 is 2.62 bits per heavy atom. The lowest BCUT2D eigenvalue weighted by molar-refractivity contribution is 0.573. The third-order valence-corrected chi connectivity index (χ3v) is 3.80. The average Bonchev–Trinajstić information content (AvgIpc) is 2.61. The normalized spacial score (nSPS) is 17.1. The van der Waals surface area contributed by atoms with Crippen molar-refractivity contribution < 1.29 is 8.42 Å². The van der Waals surface area contributed by atoms with E-state index < -0.39 is 10.0 Å². The van der Waals surface area contributed by atoms with Crippen LogP contribution in [0.25, 0.3) is 0 Å². The van der Waals surface area contributed by atoms with Crippen LogP contribution in [0.3, 0.4) is 0 Å². The van der Waals surface area contributed by atoms with Gasteiger partial charge in [-0.1, -0.05) is 18.2 Å². The first-order chi connectivity index (χ1) is 7.46. The van der Waals surface area contributed by atoms with Gasteiger partial charge in [-0.25, -0.2) is 13.1 Å². The van der Waals surface area contributed by atoms with Crippen LogP contribution >= 0.6 is 0 Å². The SMILES string of the molecule is C[C@@H](NS(C)(=O)=O)c1ccc2c(c1)CCC2. The van der Waals surface area contributed by atoms with Gasteiger partial charge in [0.15, 0.2) is 0 Å². The summed E-state index contributed by atoms with van der Waals surface area (Å²) in [5.74, 6) is 0. The second-order valence-corrected chi connectivity index (χ2v) is 6.27. The molecule has 16 heavy (non-hydrogen) atoms. The fourth-order valence-corrected chi connectivity index (χ4v) is 3.03. The molecule has 0 amide bonds. The second kappa shape index (κ2) is 4.18. The number of aryl methyl sites for hydroxylation is 2. The Bertz CT molecular complexity index is 494. The van der Waals surface area contributed by atoms with Crippen molar-refractivity contribution in [2.75, 3.05) is 6.26 Å². The molecule has 0 unspecified atom stereocenters. The molecule has 0 saturated carbocycles. The summed E-state index contributed by atoms with van der Waals surface area (Å²) >= 11 is 0. The molecule has 0 aromatic heterocycles. The molecule has 1 aromatic rings. The van der Waals surface area contributed by atoms with Gasteiger partial charge in [-0.05, 0) is 42.9 Å². The fraction of sp³-hybridized carbons (Fsp3) is 0.500. The summed E-state index contributed by atoms with van der Waals surface area (Å²) in [6.07, 6.45) is 4.68. The molecule has 2 rings (SSSR count). The molecule has 3 nitrogen and oxygen atoms in total. The maximum absolute atomic E-state index is 11.1. The van der Waals surface area contributed by atoms with Gasteiger partial charge in [-0.15, -0.1) is 0 Å². The van der Waals surface area contributed by atoms with Gasteiger partial charge in [0, 0.05) is 6.04 Å². The van der Waals surface area contributed by atoms with Crippen molar-refractivity contribution in [1.82, 2.24) is 4.72 Å². The second-order valence-electron chi connectivity index (χ2n) is 4.49. The summed E-state index contributed by atoms with van der Waals surface area (Å²) in [7, 11) is -3.14. The summed E-state index contributed by atoms with van der Waals surface area (Å²) in [4.78, 5) is 0. The van der Waals surface area contributed by atoms with Gasteiger partial charge in [-0.3, -0.25) is 0 Å². The van der Waals surface area contributed by atoms with Crippen LogP contribution in [0.2, 0.25) is 0 Å². The smallest absolute Gasteiger partial charge is 0.209 e. The van der Waals surface area contributed by atoms with Crippen molar-refractivity contribution in [3.05, 3.63) is 34.9 Å². The van der Waals surface area contributed by atoms with Gasteiger partial charge in [0.2, 0.25) is 10.0 Å². The molecule has 88 valence electrons. The van der Waals surface area contributed by atoms with E-state index in [1.807, 2.05) is 13.0 Å². The highest BCUT2D eigenvalue weighted by Gasteiger charge is 2.15. The number of fused-ring (bicyclic) bond motifs is 1. The van der Waals surface area contributed by atoms with Crippen molar-refractivity contribution in [1.29, 1.82) is 0 Å². The van der Waals surface area contributed by atoms with Crippen molar-refractivity contribution in [2.24, 2.45) is 0 Å². The molecule has 1 atom stereocenters. The molecule has 0 saturated heterocycles. The third-order valence-electron chi connectivity index (χ3n) is 3.01. The maximum atomic E-state index is 11.1. The van der Waals surface area contributed by atoms with Gasteiger partial charge < -0.3 is 0 Å². The Morgan fingerprint density at radius 2 is 1.94 bits per heavy atom. The van der Waals surface area contributed by atoms with Crippen LogP contribution in [-0.2, 0) is 22.9 Å². The first-order valence-electron chi connectivity index (χ1n) is 5.55. The van der Waals surface area contributed by atoms with Gasteiger partial charge in [0.1, 0.15) is 0 Å². The quantitative estimate of drug-likeness (QED) is 0.874. The van der Waals surface area contributed by atoms with E-state index in [0.29, 0.717) is 0 Å². The van der Waals surface area contributed by atoms with E-state index in [9.17, 15) is 8.42 Å². The summed E-state index contributed by atoms with van der Waals surface area (Å²) in [5.41, 5.74) is 3.83. The molecule has 1 aliphatic rings. The van der Waals surface area contributed by atoms with E-state index in [2.05, 4.69) is 16.9 Å². The van der Waals surface area contributed by atoms with Gasteiger partial charge in [0.05, 0.1) is 6.26 Å². The molecule has 1 aliphatic carbocycles. The van der Waals surface area contributed by atoms with Gasteiger partial charge >= 0.3 is 0 Å². The molecule has 0 fully saturated rings. The number of sulfonamides is 1. The van der Waals surface area contributed by atoms with Crippen LogP contribution in [0.4, 0.5) is 0 Å². The van der Waals surface area contributed by atoms with E-state index in [4.69, 9.17) is 0 Å². The minimum absolute atomic E-state index is 0.152. The Kier molecular flexibility index (Phi) is 3.04. The maximum Gasteiger partial charge on any atom is 0.209 e.